The normalized spacial score (nSPS) is 13.4. The largest absolute Gasteiger partial charge is 0.479 e. The number of rotatable bonds is 17. The van der Waals surface area contributed by atoms with Gasteiger partial charge in [0.05, 0.1) is 6.61 Å². The molecule has 0 spiro atoms. The summed E-state index contributed by atoms with van der Waals surface area (Å²) in [6, 6.07) is 0. The van der Waals surface area contributed by atoms with Gasteiger partial charge in [0.1, 0.15) is 0 Å². The Morgan fingerprint density at radius 1 is 0.800 bits per heavy atom. The van der Waals surface area contributed by atoms with Crippen molar-refractivity contribution in [3.8, 4) is 0 Å². The summed E-state index contributed by atoms with van der Waals surface area (Å²) in [4.78, 5) is 10.8. The number of hydrogen-bond acceptors (Lipinski definition) is 2. The molecule has 0 aliphatic carbocycles. The second kappa shape index (κ2) is 19.0. The molecule has 144 valence electrons. The van der Waals surface area contributed by atoms with Gasteiger partial charge in [0.25, 0.3) is 0 Å². The van der Waals surface area contributed by atoms with E-state index in [0.29, 0.717) is 13.0 Å². The van der Waals surface area contributed by atoms with Crippen LogP contribution >= 0.6 is 0 Å². The van der Waals surface area contributed by atoms with Gasteiger partial charge in [-0.15, -0.1) is 0 Å². The van der Waals surface area contributed by atoms with Gasteiger partial charge < -0.3 is 9.84 Å². The Labute approximate surface area is 154 Å². The van der Waals surface area contributed by atoms with E-state index in [1.807, 2.05) is 13.0 Å². The lowest BCUT2D eigenvalue weighted by molar-refractivity contribution is -0.149. The third-order valence-corrected chi connectivity index (χ3v) is 4.01. The summed E-state index contributed by atoms with van der Waals surface area (Å²) in [6.07, 6.45) is 25.1. The predicted molar refractivity (Wildman–Crippen MR) is 107 cm³/mol. The summed E-state index contributed by atoms with van der Waals surface area (Å²) in [5, 5.41) is 8.85. The Bertz CT molecular complexity index is 383. The zero-order chi connectivity index (χ0) is 18.6. The molecule has 0 amide bonds. The van der Waals surface area contributed by atoms with Crippen LogP contribution in [0.5, 0.6) is 0 Å². The van der Waals surface area contributed by atoms with E-state index < -0.39 is 12.1 Å². The average molecular weight is 351 g/mol. The number of hydrogen-bond donors (Lipinski definition) is 1. The van der Waals surface area contributed by atoms with Crippen molar-refractivity contribution in [2.24, 2.45) is 0 Å². The van der Waals surface area contributed by atoms with Crippen LogP contribution in [0.25, 0.3) is 0 Å². The molecule has 0 heterocycles. The van der Waals surface area contributed by atoms with E-state index in [0.717, 1.165) is 12.8 Å². The summed E-state index contributed by atoms with van der Waals surface area (Å²) in [7, 11) is 0. The fourth-order valence-corrected chi connectivity index (χ4v) is 2.47. The predicted octanol–water partition coefficient (Wildman–Crippen LogP) is 6.46. The first-order valence-electron chi connectivity index (χ1n) is 10.0. The maximum absolute atomic E-state index is 10.8. The van der Waals surface area contributed by atoms with E-state index in [-0.39, 0.29) is 0 Å². The van der Waals surface area contributed by atoms with E-state index in [2.05, 4.69) is 37.3 Å². The molecular weight excluding hydrogens is 312 g/mol. The minimum absolute atomic E-state index is 0.391. The van der Waals surface area contributed by atoms with Crippen molar-refractivity contribution in [1.29, 1.82) is 0 Å². The summed E-state index contributed by atoms with van der Waals surface area (Å²) < 4.78 is 5.27. The van der Waals surface area contributed by atoms with Gasteiger partial charge in [0.15, 0.2) is 6.10 Å². The minimum Gasteiger partial charge on any atom is -0.479 e. The number of ether oxygens (including phenoxy) is 1. The van der Waals surface area contributed by atoms with Crippen molar-refractivity contribution in [2.75, 3.05) is 6.61 Å². The van der Waals surface area contributed by atoms with Crippen molar-refractivity contribution in [2.45, 2.75) is 90.6 Å². The molecule has 0 bridgehead atoms. The molecule has 0 aliphatic rings. The molecule has 0 saturated heterocycles. The molecule has 3 heteroatoms. The molecule has 0 radical (unpaired) electrons. The van der Waals surface area contributed by atoms with Crippen LogP contribution in [0.4, 0.5) is 0 Å². The van der Waals surface area contributed by atoms with Gasteiger partial charge in [-0.1, -0.05) is 56.7 Å². The summed E-state index contributed by atoms with van der Waals surface area (Å²) in [6.45, 7) is 4.39. The Morgan fingerprint density at radius 3 is 1.76 bits per heavy atom. The summed E-state index contributed by atoms with van der Waals surface area (Å²) in [5.41, 5.74) is 0. The molecule has 0 rings (SSSR count). The van der Waals surface area contributed by atoms with E-state index in [1.54, 1.807) is 0 Å². The van der Waals surface area contributed by atoms with Crippen LogP contribution in [0.3, 0.4) is 0 Å². The molecule has 3 nitrogen and oxygen atoms in total. The Kier molecular flexibility index (Phi) is 18.0. The lowest BCUT2D eigenvalue weighted by Gasteiger charge is -2.08. The molecule has 0 saturated carbocycles. The van der Waals surface area contributed by atoms with Crippen LogP contribution < -0.4 is 0 Å². The fraction of sp³-hybridized carbons (Fsp3) is 0.682. The van der Waals surface area contributed by atoms with Crippen molar-refractivity contribution in [3.05, 3.63) is 36.5 Å². The maximum Gasteiger partial charge on any atom is 0.332 e. The highest BCUT2D eigenvalue weighted by Gasteiger charge is 2.13. The summed E-state index contributed by atoms with van der Waals surface area (Å²) in [5.74, 6) is -0.878. The lowest BCUT2D eigenvalue weighted by Crippen LogP contribution is -2.22. The number of carboxylic acids is 1. The smallest absolute Gasteiger partial charge is 0.332 e. The lowest BCUT2D eigenvalue weighted by atomic mass is 10.1. The Morgan fingerprint density at radius 2 is 1.28 bits per heavy atom. The SMILES string of the molecule is CCC=CCCCCC=CCCCCCC=CCOC(CC)C(=O)O. The van der Waals surface area contributed by atoms with Crippen LogP contribution in [0.1, 0.15) is 84.5 Å². The second-order valence-corrected chi connectivity index (χ2v) is 6.31. The minimum atomic E-state index is -0.878. The number of aliphatic carboxylic acids is 1. The van der Waals surface area contributed by atoms with E-state index >= 15 is 0 Å². The fourth-order valence-electron chi connectivity index (χ4n) is 2.47. The first kappa shape index (κ1) is 23.6. The van der Waals surface area contributed by atoms with Gasteiger partial charge >= 0.3 is 5.97 Å². The number of carboxylic acid groups (broad SMARTS) is 1. The first-order chi connectivity index (χ1) is 12.2. The van der Waals surface area contributed by atoms with Crippen LogP contribution in [0.2, 0.25) is 0 Å². The Balaban J connectivity index is 3.35. The van der Waals surface area contributed by atoms with E-state index in [4.69, 9.17) is 9.84 Å². The molecule has 0 aromatic rings. The Hall–Kier alpha value is -1.35. The first-order valence-corrected chi connectivity index (χ1v) is 10.0. The van der Waals surface area contributed by atoms with Crippen LogP contribution in [0.15, 0.2) is 36.5 Å². The maximum atomic E-state index is 10.8. The third kappa shape index (κ3) is 17.3. The van der Waals surface area contributed by atoms with Gasteiger partial charge in [0.2, 0.25) is 0 Å². The van der Waals surface area contributed by atoms with Crippen LogP contribution in [-0.2, 0) is 9.53 Å². The molecule has 0 fully saturated rings. The topological polar surface area (TPSA) is 46.5 Å². The zero-order valence-corrected chi connectivity index (χ0v) is 16.3. The standard InChI is InChI=1S/C22H38O3/c1-3-5-6-7-8-9-10-11-12-13-14-15-16-17-18-19-20-25-21(4-2)22(23)24/h5-6,11-12,18-19,21H,3-4,7-10,13-17,20H2,1-2H3,(H,23,24). The van der Waals surface area contributed by atoms with Crippen molar-refractivity contribution in [3.63, 3.8) is 0 Å². The van der Waals surface area contributed by atoms with Crippen LogP contribution in [0, 0.1) is 0 Å². The number of unbranched alkanes of at least 4 members (excludes halogenated alkanes) is 7. The molecule has 1 N–H and O–H groups in total. The van der Waals surface area contributed by atoms with Gasteiger partial charge in [-0.05, 0) is 64.2 Å². The molecule has 0 aromatic carbocycles. The highest BCUT2D eigenvalue weighted by Crippen LogP contribution is 2.07. The molecule has 0 aromatic heterocycles. The third-order valence-electron chi connectivity index (χ3n) is 4.01. The number of carbonyl (C=O) groups is 1. The summed E-state index contributed by atoms with van der Waals surface area (Å²) >= 11 is 0. The van der Waals surface area contributed by atoms with Gasteiger partial charge in [-0.2, -0.15) is 0 Å². The molecule has 0 aliphatic heterocycles. The second-order valence-electron chi connectivity index (χ2n) is 6.31. The van der Waals surface area contributed by atoms with Crippen molar-refractivity contribution >= 4 is 5.97 Å². The van der Waals surface area contributed by atoms with E-state index in [9.17, 15) is 4.79 Å². The molecule has 25 heavy (non-hydrogen) atoms. The quantitative estimate of drug-likeness (QED) is 0.242. The number of allylic oxidation sites excluding steroid dienone is 5. The van der Waals surface area contributed by atoms with E-state index in [1.165, 1.54) is 51.4 Å². The van der Waals surface area contributed by atoms with Gasteiger partial charge in [-0.3, -0.25) is 0 Å². The van der Waals surface area contributed by atoms with Gasteiger partial charge in [0, 0.05) is 0 Å². The molecule has 1 atom stereocenters. The average Bonchev–Trinajstić information content (AvgIpc) is 2.60. The molecule has 1 unspecified atom stereocenters. The zero-order valence-electron chi connectivity index (χ0n) is 16.3. The van der Waals surface area contributed by atoms with Crippen LogP contribution in [-0.4, -0.2) is 23.8 Å². The van der Waals surface area contributed by atoms with Crippen molar-refractivity contribution < 1.29 is 14.6 Å². The highest BCUT2D eigenvalue weighted by molar-refractivity contribution is 5.72. The monoisotopic (exact) mass is 350 g/mol. The van der Waals surface area contributed by atoms with Crippen molar-refractivity contribution in [1.82, 2.24) is 0 Å². The molecular formula is C22H38O3. The highest BCUT2D eigenvalue weighted by atomic mass is 16.5. The van der Waals surface area contributed by atoms with Gasteiger partial charge in [-0.25, -0.2) is 4.79 Å².